The first kappa shape index (κ1) is 19.9. The number of aromatic nitrogens is 3. The lowest BCUT2D eigenvalue weighted by molar-refractivity contribution is -0.119. The van der Waals surface area contributed by atoms with Gasteiger partial charge in [-0.05, 0) is 25.0 Å². The number of thioether (sulfide) groups is 1. The van der Waals surface area contributed by atoms with Crippen LogP contribution in [0.3, 0.4) is 0 Å². The second kappa shape index (κ2) is 8.92. The van der Waals surface area contributed by atoms with E-state index in [0.717, 1.165) is 16.9 Å². The van der Waals surface area contributed by atoms with Gasteiger partial charge in [0.25, 0.3) is 0 Å². The van der Waals surface area contributed by atoms with E-state index < -0.39 is 0 Å². The van der Waals surface area contributed by atoms with E-state index in [1.54, 1.807) is 13.0 Å². The lowest BCUT2D eigenvalue weighted by Gasteiger charge is -2.20. The van der Waals surface area contributed by atoms with Crippen molar-refractivity contribution in [3.8, 4) is 0 Å². The molecule has 148 valence electrons. The third kappa shape index (κ3) is 5.13. The molecule has 0 saturated heterocycles. The monoisotopic (exact) mass is 401 g/mol. The van der Waals surface area contributed by atoms with Crippen LogP contribution in [0.5, 0.6) is 0 Å². The summed E-state index contributed by atoms with van der Waals surface area (Å²) in [7, 11) is 0. The Morgan fingerprint density at radius 1 is 1.21 bits per heavy atom. The van der Waals surface area contributed by atoms with Crippen LogP contribution >= 0.6 is 11.8 Å². The fourth-order valence-corrected chi connectivity index (χ4v) is 3.35. The zero-order valence-corrected chi connectivity index (χ0v) is 16.8. The Morgan fingerprint density at radius 3 is 2.64 bits per heavy atom. The van der Waals surface area contributed by atoms with Gasteiger partial charge in [0.15, 0.2) is 5.82 Å². The van der Waals surface area contributed by atoms with Crippen molar-refractivity contribution in [1.29, 1.82) is 0 Å². The van der Waals surface area contributed by atoms with E-state index >= 15 is 0 Å². The van der Waals surface area contributed by atoms with Crippen LogP contribution < -0.4 is 10.6 Å². The van der Waals surface area contributed by atoms with Crippen LogP contribution in [-0.2, 0) is 9.59 Å². The van der Waals surface area contributed by atoms with E-state index in [-0.39, 0.29) is 35.3 Å². The van der Waals surface area contributed by atoms with Gasteiger partial charge in [-0.1, -0.05) is 31.1 Å². The lowest BCUT2D eigenvalue weighted by atomic mass is 10.0. The Morgan fingerprint density at radius 2 is 1.96 bits per heavy atom. The lowest BCUT2D eigenvalue weighted by Crippen LogP contribution is -2.34. The standard InChI is InChI=1S/C19H23N5O3S/c1-11(2)18(19-20-13-6-4-5-7-14(13)21-19)23-17(26)10-28-9-16(25)22-15-8-12(3)27-24-15/h4-8,11,18H,9-10H2,1-3H3,(H,20,21)(H,23,26)(H,22,24,25). The van der Waals surface area contributed by atoms with Crippen LogP contribution in [0.2, 0.25) is 0 Å². The number of benzene rings is 1. The summed E-state index contributed by atoms with van der Waals surface area (Å²) in [6.45, 7) is 5.80. The number of imidazole rings is 1. The van der Waals surface area contributed by atoms with Gasteiger partial charge in [-0.15, -0.1) is 11.8 Å². The molecule has 2 heterocycles. The molecule has 9 heteroatoms. The van der Waals surface area contributed by atoms with Crippen molar-refractivity contribution < 1.29 is 14.1 Å². The summed E-state index contributed by atoms with van der Waals surface area (Å²) in [6.07, 6.45) is 0. The van der Waals surface area contributed by atoms with Gasteiger partial charge in [-0.25, -0.2) is 4.98 Å². The normalized spacial score (nSPS) is 12.3. The number of rotatable bonds is 8. The van der Waals surface area contributed by atoms with E-state index in [0.29, 0.717) is 11.6 Å². The summed E-state index contributed by atoms with van der Waals surface area (Å²) in [5.41, 5.74) is 1.80. The zero-order valence-electron chi connectivity index (χ0n) is 16.0. The molecule has 3 rings (SSSR count). The van der Waals surface area contributed by atoms with Gasteiger partial charge in [0, 0.05) is 6.07 Å². The van der Waals surface area contributed by atoms with E-state index in [9.17, 15) is 9.59 Å². The van der Waals surface area contributed by atoms with E-state index in [1.165, 1.54) is 11.8 Å². The molecule has 0 spiro atoms. The van der Waals surface area contributed by atoms with E-state index in [1.807, 2.05) is 38.1 Å². The van der Waals surface area contributed by atoms with Gasteiger partial charge < -0.3 is 20.1 Å². The smallest absolute Gasteiger partial charge is 0.235 e. The fraction of sp³-hybridized carbons (Fsp3) is 0.368. The number of hydrogen-bond acceptors (Lipinski definition) is 6. The number of aryl methyl sites for hydroxylation is 1. The van der Waals surface area contributed by atoms with Crippen LogP contribution in [0, 0.1) is 12.8 Å². The summed E-state index contributed by atoms with van der Waals surface area (Å²) in [6, 6.07) is 9.16. The number of anilines is 1. The molecule has 2 amide bonds. The SMILES string of the molecule is Cc1cc(NC(=O)CSCC(=O)NC(c2nc3ccccc3[nH]2)C(C)C)no1. The number of H-pyrrole nitrogens is 1. The number of carbonyl (C=O) groups is 2. The summed E-state index contributed by atoms with van der Waals surface area (Å²) in [5.74, 6) is 1.83. The summed E-state index contributed by atoms with van der Waals surface area (Å²) in [4.78, 5) is 32.1. The number of nitrogens with zero attached hydrogens (tertiary/aromatic N) is 2. The molecule has 28 heavy (non-hydrogen) atoms. The number of nitrogens with one attached hydrogen (secondary N) is 3. The highest BCUT2D eigenvalue weighted by Crippen LogP contribution is 2.22. The van der Waals surface area contributed by atoms with Gasteiger partial charge in [-0.2, -0.15) is 0 Å². The van der Waals surface area contributed by atoms with E-state index in [2.05, 4.69) is 25.8 Å². The molecule has 3 aromatic rings. The maximum Gasteiger partial charge on any atom is 0.235 e. The van der Waals surface area contributed by atoms with Crippen LogP contribution in [0.25, 0.3) is 11.0 Å². The van der Waals surface area contributed by atoms with Crippen molar-refractivity contribution in [2.75, 3.05) is 16.8 Å². The predicted octanol–water partition coefficient (Wildman–Crippen LogP) is 3.04. The maximum atomic E-state index is 12.4. The molecule has 1 aromatic carbocycles. The third-order valence-electron chi connectivity index (χ3n) is 4.05. The molecule has 1 unspecified atom stereocenters. The molecule has 0 aliphatic carbocycles. The second-order valence-electron chi connectivity index (χ2n) is 6.79. The Labute approximate surface area is 166 Å². The van der Waals surface area contributed by atoms with Crippen LogP contribution in [0.4, 0.5) is 5.82 Å². The Balaban J connectivity index is 1.51. The molecule has 0 radical (unpaired) electrons. The van der Waals surface area contributed by atoms with Crippen molar-refractivity contribution in [2.24, 2.45) is 5.92 Å². The number of para-hydroxylation sites is 2. The first-order valence-electron chi connectivity index (χ1n) is 8.97. The van der Waals surface area contributed by atoms with Crippen molar-refractivity contribution in [1.82, 2.24) is 20.4 Å². The number of aromatic amines is 1. The molecule has 1 atom stereocenters. The van der Waals surface area contributed by atoms with Gasteiger partial charge in [0.1, 0.15) is 11.6 Å². The predicted molar refractivity (Wildman–Crippen MR) is 109 cm³/mol. The van der Waals surface area contributed by atoms with E-state index in [4.69, 9.17) is 4.52 Å². The first-order valence-corrected chi connectivity index (χ1v) is 10.1. The number of carbonyl (C=O) groups excluding carboxylic acids is 2. The second-order valence-corrected chi connectivity index (χ2v) is 7.78. The molecular weight excluding hydrogens is 378 g/mol. The number of amides is 2. The third-order valence-corrected chi connectivity index (χ3v) is 4.98. The average molecular weight is 401 g/mol. The Kier molecular flexibility index (Phi) is 6.35. The Bertz CT molecular complexity index is 932. The molecule has 3 N–H and O–H groups in total. The molecule has 0 aliphatic rings. The van der Waals surface area contributed by atoms with Crippen LogP contribution in [-0.4, -0.2) is 38.4 Å². The van der Waals surface area contributed by atoms with Crippen LogP contribution in [0.1, 0.15) is 31.5 Å². The van der Waals surface area contributed by atoms with Gasteiger partial charge in [0.2, 0.25) is 11.8 Å². The van der Waals surface area contributed by atoms with Gasteiger partial charge in [0.05, 0.1) is 28.6 Å². The van der Waals surface area contributed by atoms with Crippen LogP contribution in [0.15, 0.2) is 34.9 Å². The summed E-state index contributed by atoms with van der Waals surface area (Å²) < 4.78 is 4.89. The fourth-order valence-electron chi connectivity index (χ4n) is 2.73. The molecule has 8 nitrogen and oxygen atoms in total. The largest absolute Gasteiger partial charge is 0.360 e. The minimum absolute atomic E-state index is 0.144. The summed E-state index contributed by atoms with van der Waals surface area (Å²) >= 11 is 1.24. The van der Waals surface area contributed by atoms with Gasteiger partial charge >= 0.3 is 0 Å². The zero-order chi connectivity index (χ0) is 20.1. The minimum Gasteiger partial charge on any atom is -0.360 e. The molecule has 0 fully saturated rings. The first-order chi connectivity index (χ1) is 13.4. The minimum atomic E-state index is -0.233. The molecule has 0 saturated carbocycles. The summed E-state index contributed by atoms with van der Waals surface area (Å²) in [5, 5.41) is 9.34. The van der Waals surface area contributed by atoms with Crippen molar-refractivity contribution >= 4 is 40.4 Å². The van der Waals surface area contributed by atoms with Crippen molar-refractivity contribution in [3.05, 3.63) is 41.9 Å². The average Bonchev–Trinajstić information content (AvgIpc) is 3.25. The molecule has 0 bridgehead atoms. The number of fused-ring (bicyclic) bond motifs is 1. The maximum absolute atomic E-state index is 12.4. The topological polar surface area (TPSA) is 113 Å². The highest BCUT2D eigenvalue weighted by molar-refractivity contribution is 8.00. The highest BCUT2D eigenvalue weighted by atomic mass is 32.2. The Hall–Kier alpha value is -2.81. The number of hydrogen-bond donors (Lipinski definition) is 3. The molecule has 2 aromatic heterocycles. The highest BCUT2D eigenvalue weighted by Gasteiger charge is 2.22. The molecular formula is C19H23N5O3S. The molecule has 0 aliphatic heterocycles. The van der Waals surface area contributed by atoms with Crippen molar-refractivity contribution in [3.63, 3.8) is 0 Å². The van der Waals surface area contributed by atoms with Crippen molar-refractivity contribution in [2.45, 2.75) is 26.8 Å². The quantitative estimate of drug-likeness (QED) is 0.535. The van der Waals surface area contributed by atoms with Gasteiger partial charge in [-0.3, -0.25) is 9.59 Å².